The Bertz CT molecular complexity index is 1060. The van der Waals surface area contributed by atoms with Gasteiger partial charge in [-0.1, -0.05) is 82.9 Å². The first kappa shape index (κ1) is 30.7. The number of ether oxygens (including phenoxy) is 2. The SMILES string of the molecule is CCCCCCCCCCCCOc1ccc(CC(=O)c2cccc(C(=O)OC)c2)nc1/C=C/CC(=O)O. The summed E-state index contributed by atoms with van der Waals surface area (Å²) in [6, 6.07) is 9.89. The largest absolute Gasteiger partial charge is 0.491 e. The van der Waals surface area contributed by atoms with E-state index in [1.807, 2.05) is 0 Å². The molecule has 206 valence electrons. The molecule has 38 heavy (non-hydrogen) atoms. The number of Topliss-reactive ketones (excluding diaryl/α,β-unsaturated/α-hetero) is 1. The highest BCUT2D eigenvalue weighted by Crippen LogP contribution is 2.21. The van der Waals surface area contributed by atoms with Gasteiger partial charge in [-0.15, -0.1) is 0 Å². The van der Waals surface area contributed by atoms with Gasteiger partial charge in [-0.2, -0.15) is 0 Å². The molecule has 0 saturated heterocycles. The highest BCUT2D eigenvalue weighted by molar-refractivity contribution is 6.00. The number of carbonyl (C=O) groups excluding carboxylic acids is 2. The summed E-state index contributed by atoms with van der Waals surface area (Å²) in [6.07, 6.45) is 15.4. The number of esters is 1. The van der Waals surface area contributed by atoms with E-state index in [1.165, 1.54) is 70.6 Å². The number of aromatic nitrogens is 1. The highest BCUT2D eigenvalue weighted by Gasteiger charge is 2.13. The highest BCUT2D eigenvalue weighted by atomic mass is 16.5. The van der Waals surface area contributed by atoms with Gasteiger partial charge in [0.25, 0.3) is 0 Å². The zero-order valence-corrected chi connectivity index (χ0v) is 22.7. The number of unbranched alkanes of at least 4 members (excludes halogenated alkanes) is 9. The van der Waals surface area contributed by atoms with Crippen LogP contribution in [0.1, 0.15) is 110 Å². The van der Waals surface area contributed by atoms with Crippen LogP contribution in [0.3, 0.4) is 0 Å². The lowest BCUT2D eigenvalue weighted by atomic mass is 10.0. The maximum atomic E-state index is 12.8. The monoisotopic (exact) mass is 523 g/mol. The molecule has 1 aromatic carbocycles. The first-order chi connectivity index (χ1) is 18.4. The summed E-state index contributed by atoms with van der Waals surface area (Å²) < 4.78 is 10.7. The normalized spacial score (nSPS) is 11.0. The fourth-order valence-electron chi connectivity index (χ4n) is 4.09. The molecule has 0 bridgehead atoms. The maximum Gasteiger partial charge on any atom is 0.337 e. The van der Waals surface area contributed by atoms with Crippen molar-refractivity contribution in [1.29, 1.82) is 0 Å². The van der Waals surface area contributed by atoms with Crippen molar-refractivity contribution in [1.82, 2.24) is 4.98 Å². The van der Waals surface area contributed by atoms with Crippen molar-refractivity contribution in [2.24, 2.45) is 0 Å². The van der Waals surface area contributed by atoms with Crippen LogP contribution in [-0.4, -0.2) is 41.5 Å². The lowest BCUT2D eigenvalue weighted by Crippen LogP contribution is -2.09. The molecule has 0 fully saturated rings. The predicted molar refractivity (Wildman–Crippen MR) is 149 cm³/mol. The fourth-order valence-corrected chi connectivity index (χ4v) is 4.09. The molecule has 2 aromatic rings. The average molecular weight is 524 g/mol. The number of hydrogen-bond donors (Lipinski definition) is 1. The number of carboxylic acids is 1. The lowest BCUT2D eigenvalue weighted by molar-refractivity contribution is -0.135. The third-order valence-electron chi connectivity index (χ3n) is 6.21. The van der Waals surface area contributed by atoms with Gasteiger partial charge in [0.1, 0.15) is 11.4 Å². The smallest absolute Gasteiger partial charge is 0.337 e. The van der Waals surface area contributed by atoms with Gasteiger partial charge in [0.15, 0.2) is 5.78 Å². The van der Waals surface area contributed by atoms with Crippen molar-refractivity contribution < 1.29 is 29.0 Å². The first-order valence-corrected chi connectivity index (χ1v) is 13.7. The van der Waals surface area contributed by atoms with Crippen molar-refractivity contribution in [3.63, 3.8) is 0 Å². The Hall–Kier alpha value is -3.48. The third kappa shape index (κ3) is 11.7. The van der Waals surface area contributed by atoms with Crippen LogP contribution >= 0.6 is 0 Å². The summed E-state index contributed by atoms with van der Waals surface area (Å²) in [4.78, 5) is 40.1. The molecule has 1 heterocycles. The van der Waals surface area contributed by atoms with E-state index in [2.05, 4.69) is 11.9 Å². The van der Waals surface area contributed by atoms with E-state index in [0.29, 0.717) is 34.9 Å². The molecule has 0 aliphatic rings. The number of carbonyl (C=O) groups is 3. The number of rotatable bonds is 19. The molecule has 0 amide bonds. The van der Waals surface area contributed by atoms with Crippen LogP contribution in [0.4, 0.5) is 0 Å². The van der Waals surface area contributed by atoms with Crippen molar-refractivity contribution in [3.05, 3.63) is 65.0 Å². The summed E-state index contributed by atoms with van der Waals surface area (Å²) in [7, 11) is 1.29. The number of nitrogens with zero attached hydrogens (tertiary/aromatic N) is 1. The molecule has 0 radical (unpaired) electrons. The number of aliphatic carboxylic acids is 1. The molecule has 7 heteroatoms. The maximum absolute atomic E-state index is 12.8. The van der Waals surface area contributed by atoms with Gasteiger partial charge in [-0.05, 0) is 36.8 Å². The first-order valence-electron chi connectivity index (χ1n) is 13.7. The van der Waals surface area contributed by atoms with E-state index < -0.39 is 11.9 Å². The van der Waals surface area contributed by atoms with Gasteiger partial charge < -0.3 is 14.6 Å². The molecule has 0 atom stereocenters. The number of carboxylic acid groups (broad SMARTS) is 1. The van der Waals surface area contributed by atoms with Crippen LogP contribution in [0.15, 0.2) is 42.5 Å². The number of benzene rings is 1. The zero-order chi connectivity index (χ0) is 27.6. The third-order valence-corrected chi connectivity index (χ3v) is 6.21. The molecule has 7 nitrogen and oxygen atoms in total. The second kappa shape index (κ2) is 17.9. The van der Waals surface area contributed by atoms with Gasteiger partial charge in [0.2, 0.25) is 0 Å². The lowest BCUT2D eigenvalue weighted by Gasteiger charge is -2.11. The molecule has 0 aliphatic heterocycles. The van der Waals surface area contributed by atoms with E-state index in [1.54, 1.807) is 36.4 Å². The Labute approximate surface area is 226 Å². The van der Waals surface area contributed by atoms with E-state index in [4.69, 9.17) is 14.6 Å². The van der Waals surface area contributed by atoms with Crippen LogP contribution < -0.4 is 4.74 Å². The quantitative estimate of drug-likeness (QED) is 0.119. The molecule has 0 spiro atoms. The Balaban J connectivity index is 1.93. The zero-order valence-electron chi connectivity index (χ0n) is 22.7. The summed E-state index contributed by atoms with van der Waals surface area (Å²) in [6.45, 7) is 2.79. The Morgan fingerprint density at radius 2 is 1.55 bits per heavy atom. The van der Waals surface area contributed by atoms with Crippen molar-refractivity contribution in [3.8, 4) is 5.75 Å². The second-order valence-electron chi connectivity index (χ2n) is 9.39. The number of pyridine rings is 1. The number of methoxy groups -OCH3 is 1. The van der Waals surface area contributed by atoms with Gasteiger partial charge >= 0.3 is 11.9 Å². The molecule has 1 aromatic heterocycles. The summed E-state index contributed by atoms with van der Waals surface area (Å²) >= 11 is 0. The Morgan fingerprint density at radius 1 is 0.895 bits per heavy atom. The summed E-state index contributed by atoms with van der Waals surface area (Å²) in [5, 5.41) is 8.98. The number of hydrogen-bond acceptors (Lipinski definition) is 6. The second-order valence-corrected chi connectivity index (χ2v) is 9.39. The van der Waals surface area contributed by atoms with Crippen LogP contribution in [-0.2, 0) is 16.0 Å². The van der Waals surface area contributed by atoms with Crippen LogP contribution in [0.5, 0.6) is 5.75 Å². The van der Waals surface area contributed by atoms with E-state index >= 15 is 0 Å². The standard InChI is InChI=1S/C31H41NO6/c1-3-4-5-6-7-8-9-10-11-12-21-38-29-20-19-26(32-27(29)17-14-18-30(34)35)23-28(33)24-15-13-16-25(22-24)31(36)37-2/h13-17,19-20,22H,3-12,18,21,23H2,1-2H3,(H,34,35)/b17-14+. The minimum absolute atomic E-state index is 0.0309. The Morgan fingerprint density at radius 3 is 2.21 bits per heavy atom. The number of ketones is 1. The molecule has 0 unspecified atom stereocenters. The van der Waals surface area contributed by atoms with Crippen molar-refractivity contribution in [2.45, 2.75) is 84.0 Å². The van der Waals surface area contributed by atoms with Gasteiger partial charge in [-0.3, -0.25) is 9.59 Å². The van der Waals surface area contributed by atoms with Crippen molar-refractivity contribution >= 4 is 23.8 Å². The van der Waals surface area contributed by atoms with Gasteiger partial charge in [0.05, 0.1) is 32.1 Å². The van der Waals surface area contributed by atoms with Crippen LogP contribution in [0, 0.1) is 0 Å². The molecule has 2 rings (SSSR count). The van der Waals surface area contributed by atoms with Gasteiger partial charge in [0, 0.05) is 11.3 Å². The van der Waals surface area contributed by atoms with Crippen molar-refractivity contribution in [2.75, 3.05) is 13.7 Å². The van der Waals surface area contributed by atoms with Gasteiger partial charge in [-0.25, -0.2) is 9.78 Å². The predicted octanol–water partition coefficient (Wildman–Crippen LogP) is 7.08. The molecular weight excluding hydrogens is 482 g/mol. The molecule has 0 aliphatic carbocycles. The average Bonchev–Trinajstić information content (AvgIpc) is 2.92. The topological polar surface area (TPSA) is 103 Å². The minimum Gasteiger partial charge on any atom is -0.491 e. The summed E-state index contributed by atoms with van der Waals surface area (Å²) in [5.41, 5.74) is 1.71. The summed E-state index contributed by atoms with van der Waals surface area (Å²) in [5.74, 6) is -1.08. The van der Waals surface area contributed by atoms with E-state index in [9.17, 15) is 14.4 Å². The van der Waals surface area contributed by atoms with E-state index in [0.717, 1.165) is 12.8 Å². The van der Waals surface area contributed by atoms with Crippen LogP contribution in [0.2, 0.25) is 0 Å². The fraction of sp³-hybridized carbons (Fsp3) is 0.484. The van der Waals surface area contributed by atoms with Crippen LogP contribution in [0.25, 0.3) is 6.08 Å². The molecular formula is C31H41NO6. The molecule has 0 saturated carbocycles. The Kier molecular flexibility index (Phi) is 14.5. The van der Waals surface area contributed by atoms with E-state index in [-0.39, 0.29) is 18.6 Å². The minimum atomic E-state index is -0.939. The molecule has 1 N–H and O–H groups in total.